The Bertz CT molecular complexity index is 1450. The number of aromatic carboxylic acids is 1. The topological polar surface area (TPSA) is 46.5 Å². The van der Waals surface area contributed by atoms with Crippen molar-refractivity contribution in [3.05, 3.63) is 102 Å². The van der Waals surface area contributed by atoms with Crippen LogP contribution in [0.15, 0.2) is 84.9 Å². The summed E-state index contributed by atoms with van der Waals surface area (Å²) < 4.78 is 6.61. The summed E-state index contributed by atoms with van der Waals surface area (Å²) in [5.74, 6) is 2.67. The van der Waals surface area contributed by atoms with Crippen LogP contribution in [0.5, 0.6) is 5.75 Å². The normalized spacial score (nSPS) is 25.9. The quantitative estimate of drug-likeness (QED) is 0.297. The molecule has 0 heterocycles. The van der Waals surface area contributed by atoms with Crippen LogP contribution in [0.3, 0.4) is 0 Å². The summed E-state index contributed by atoms with van der Waals surface area (Å²) >= 11 is 0. The van der Waals surface area contributed by atoms with E-state index in [1.54, 1.807) is 12.1 Å². The second-order valence-electron chi connectivity index (χ2n) is 11.7. The number of rotatable bonds is 6. The predicted octanol–water partition coefficient (Wildman–Crippen LogP) is 8.25. The van der Waals surface area contributed by atoms with E-state index >= 15 is 0 Å². The fourth-order valence-corrected chi connectivity index (χ4v) is 8.08. The third kappa shape index (κ3) is 4.01. The minimum Gasteiger partial charge on any atom is -0.489 e. The van der Waals surface area contributed by atoms with Crippen LogP contribution in [0.4, 0.5) is 0 Å². The maximum absolute atomic E-state index is 11.9. The maximum atomic E-state index is 11.9. The summed E-state index contributed by atoms with van der Waals surface area (Å²) in [5, 5.41) is 12.0. The van der Waals surface area contributed by atoms with Gasteiger partial charge in [-0.05, 0) is 113 Å². The fourth-order valence-electron chi connectivity index (χ4n) is 8.08. The van der Waals surface area contributed by atoms with Gasteiger partial charge in [0.2, 0.25) is 0 Å². The molecule has 3 heteroatoms. The number of hydrogen-bond acceptors (Lipinski definition) is 2. The summed E-state index contributed by atoms with van der Waals surface area (Å²) in [6.07, 6.45) is 8.03. The highest BCUT2D eigenvalue weighted by molar-refractivity contribution is 5.98. The first-order chi connectivity index (χ1) is 18.1. The monoisotopic (exact) mass is 488 g/mol. The van der Waals surface area contributed by atoms with Crippen molar-refractivity contribution in [3.8, 4) is 16.9 Å². The highest BCUT2D eigenvalue weighted by atomic mass is 16.5. The Morgan fingerprint density at radius 1 is 0.784 bits per heavy atom. The summed E-state index contributed by atoms with van der Waals surface area (Å²) in [6.45, 7) is 0.565. The molecule has 0 spiro atoms. The highest BCUT2D eigenvalue weighted by Gasteiger charge is 2.52. The molecule has 0 radical (unpaired) electrons. The first-order valence-corrected chi connectivity index (χ1v) is 13.6. The van der Waals surface area contributed by atoms with E-state index in [4.69, 9.17) is 4.74 Å². The molecule has 3 nitrogen and oxygen atoms in total. The van der Waals surface area contributed by atoms with E-state index in [1.165, 1.54) is 49.7 Å². The molecular formula is C34H32O3. The average Bonchev–Trinajstić information content (AvgIpc) is 2.91. The lowest BCUT2D eigenvalue weighted by atomic mass is 9.48. The fraction of sp³-hybridized carbons (Fsp3) is 0.324. The highest BCUT2D eigenvalue weighted by Crippen LogP contribution is 2.62. The van der Waals surface area contributed by atoms with Gasteiger partial charge in [0.25, 0.3) is 0 Å². The van der Waals surface area contributed by atoms with Gasteiger partial charge in [0.05, 0.1) is 5.56 Å². The van der Waals surface area contributed by atoms with E-state index < -0.39 is 5.97 Å². The zero-order valence-electron chi connectivity index (χ0n) is 21.0. The van der Waals surface area contributed by atoms with Gasteiger partial charge in [-0.1, -0.05) is 60.7 Å². The van der Waals surface area contributed by atoms with Crippen LogP contribution < -0.4 is 4.74 Å². The SMILES string of the molecule is O=C(O)c1ccccc1-c1ccc2cc(OCc3ccccc3)c(C34CC5CC(CC(C5)C3)C4)cc2c1. The first-order valence-electron chi connectivity index (χ1n) is 13.6. The molecule has 1 N–H and O–H groups in total. The molecule has 4 aliphatic carbocycles. The predicted molar refractivity (Wildman–Crippen MR) is 147 cm³/mol. The zero-order valence-corrected chi connectivity index (χ0v) is 21.0. The maximum Gasteiger partial charge on any atom is 0.336 e. The Morgan fingerprint density at radius 2 is 1.46 bits per heavy atom. The Balaban J connectivity index is 1.35. The third-order valence-electron chi connectivity index (χ3n) is 9.25. The van der Waals surface area contributed by atoms with Gasteiger partial charge < -0.3 is 9.84 Å². The van der Waals surface area contributed by atoms with Crippen molar-refractivity contribution in [2.24, 2.45) is 17.8 Å². The molecule has 4 aromatic carbocycles. The second-order valence-corrected chi connectivity index (χ2v) is 11.7. The van der Waals surface area contributed by atoms with Gasteiger partial charge >= 0.3 is 5.97 Å². The third-order valence-corrected chi connectivity index (χ3v) is 9.25. The van der Waals surface area contributed by atoms with Crippen LogP contribution in [0, 0.1) is 17.8 Å². The molecule has 0 saturated heterocycles. The Kier molecular flexibility index (Phi) is 5.35. The van der Waals surface area contributed by atoms with Crippen molar-refractivity contribution in [2.45, 2.75) is 50.5 Å². The average molecular weight is 489 g/mol. The second kappa shape index (κ2) is 8.76. The zero-order chi connectivity index (χ0) is 25.0. The van der Waals surface area contributed by atoms with Crippen LogP contribution in [0.2, 0.25) is 0 Å². The van der Waals surface area contributed by atoms with Crippen molar-refractivity contribution in [3.63, 3.8) is 0 Å². The Hall–Kier alpha value is -3.59. The van der Waals surface area contributed by atoms with Gasteiger partial charge in [-0.15, -0.1) is 0 Å². The van der Waals surface area contributed by atoms with Gasteiger partial charge in [-0.25, -0.2) is 4.79 Å². The van der Waals surface area contributed by atoms with E-state index in [1.807, 2.05) is 24.3 Å². The molecule has 4 bridgehead atoms. The number of fused-ring (bicyclic) bond motifs is 1. The Morgan fingerprint density at radius 3 is 2.16 bits per heavy atom. The lowest BCUT2D eigenvalue weighted by molar-refractivity contribution is -0.00640. The van der Waals surface area contributed by atoms with Crippen molar-refractivity contribution < 1.29 is 14.6 Å². The molecule has 0 aliphatic heterocycles. The smallest absolute Gasteiger partial charge is 0.336 e. The van der Waals surface area contributed by atoms with Gasteiger partial charge in [-0.3, -0.25) is 0 Å². The van der Waals surface area contributed by atoms with Crippen LogP contribution in [-0.2, 0) is 12.0 Å². The largest absolute Gasteiger partial charge is 0.489 e. The molecule has 0 atom stereocenters. The Labute approximate surface area is 218 Å². The van der Waals surface area contributed by atoms with Crippen LogP contribution >= 0.6 is 0 Å². The number of carboxylic acid groups (broad SMARTS) is 1. The van der Waals surface area contributed by atoms with E-state index in [9.17, 15) is 9.90 Å². The number of benzene rings is 4. The van der Waals surface area contributed by atoms with Gasteiger partial charge in [0.15, 0.2) is 0 Å². The number of carboxylic acids is 1. The summed E-state index contributed by atoms with van der Waals surface area (Å²) in [7, 11) is 0. The molecule has 186 valence electrons. The van der Waals surface area contributed by atoms with E-state index in [0.717, 1.165) is 45.4 Å². The molecule has 0 amide bonds. The van der Waals surface area contributed by atoms with E-state index in [0.29, 0.717) is 12.2 Å². The molecule has 0 aromatic heterocycles. The minimum atomic E-state index is -0.894. The molecular weight excluding hydrogens is 456 g/mol. The first kappa shape index (κ1) is 22.6. The van der Waals surface area contributed by atoms with Gasteiger partial charge in [0.1, 0.15) is 12.4 Å². The molecule has 8 rings (SSSR count). The number of hydrogen-bond donors (Lipinski definition) is 1. The van der Waals surface area contributed by atoms with E-state index in [-0.39, 0.29) is 5.41 Å². The van der Waals surface area contributed by atoms with Gasteiger partial charge in [0, 0.05) is 5.56 Å². The van der Waals surface area contributed by atoms with Crippen molar-refractivity contribution in [1.29, 1.82) is 0 Å². The number of carbonyl (C=O) groups is 1. The summed E-state index contributed by atoms with van der Waals surface area (Å²) in [5.41, 5.74) is 4.80. The summed E-state index contributed by atoms with van der Waals surface area (Å²) in [4.78, 5) is 11.9. The lowest BCUT2D eigenvalue weighted by Crippen LogP contribution is -2.48. The van der Waals surface area contributed by atoms with Gasteiger partial charge in [-0.2, -0.15) is 0 Å². The van der Waals surface area contributed by atoms with Crippen LogP contribution in [-0.4, -0.2) is 11.1 Å². The standard InChI is InChI=1S/C34H32O3/c35-33(36)30-9-5-4-8-29(30)27-11-10-26-17-32(37-21-22-6-2-1-3-7-22)31(16-28(26)15-27)34-18-23-12-24(19-34)14-25(13-23)20-34/h1-11,15-17,23-25H,12-14,18-21H2,(H,35,36). The lowest BCUT2D eigenvalue weighted by Gasteiger charge is -2.57. The van der Waals surface area contributed by atoms with Crippen molar-refractivity contribution in [1.82, 2.24) is 0 Å². The minimum absolute atomic E-state index is 0.198. The molecule has 4 aromatic rings. The van der Waals surface area contributed by atoms with E-state index in [2.05, 4.69) is 48.5 Å². The molecule has 37 heavy (non-hydrogen) atoms. The molecule has 4 aliphatic rings. The number of ether oxygens (including phenoxy) is 1. The van der Waals surface area contributed by atoms with Crippen LogP contribution in [0.1, 0.15) is 60.0 Å². The molecule has 4 fully saturated rings. The summed E-state index contributed by atoms with van der Waals surface area (Å²) in [6, 6.07) is 28.6. The van der Waals surface area contributed by atoms with Crippen LogP contribution in [0.25, 0.3) is 21.9 Å². The van der Waals surface area contributed by atoms with Crippen molar-refractivity contribution in [2.75, 3.05) is 0 Å². The molecule has 0 unspecified atom stereocenters. The van der Waals surface area contributed by atoms with Crippen molar-refractivity contribution >= 4 is 16.7 Å². The molecule has 4 saturated carbocycles.